The van der Waals surface area contributed by atoms with Gasteiger partial charge in [-0.3, -0.25) is 0 Å². The second kappa shape index (κ2) is 5.61. The van der Waals surface area contributed by atoms with Crippen LogP contribution in [0.1, 0.15) is 36.5 Å². The van der Waals surface area contributed by atoms with Crippen molar-refractivity contribution in [3.63, 3.8) is 0 Å². The molecule has 0 bridgehead atoms. The van der Waals surface area contributed by atoms with Gasteiger partial charge in [-0.2, -0.15) is 10.2 Å². The molecule has 2 heterocycles. The maximum Gasteiger partial charge on any atom is 0.276 e. The molecule has 0 radical (unpaired) electrons. The van der Waals surface area contributed by atoms with E-state index >= 15 is 0 Å². The first-order valence-corrected chi connectivity index (χ1v) is 6.02. The molecule has 0 fully saturated rings. The summed E-state index contributed by atoms with van der Waals surface area (Å²) in [6, 6.07) is 5.31. The lowest BCUT2D eigenvalue weighted by atomic mass is 10.2. The molecule has 0 saturated carbocycles. The molecule has 0 spiro atoms. The number of pyridine rings is 1. The van der Waals surface area contributed by atoms with Gasteiger partial charge in [0, 0.05) is 6.20 Å². The van der Waals surface area contributed by atoms with Crippen LogP contribution in [-0.4, -0.2) is 15.1 Å². The summed E-state index contributed by atoms with van der Waals surface area (Å²) in [6.07, 6.45) is 3.21. The van der Waals surface area contributed by atoms with E-state index in [9.17, 15) is 0 Å². The van der Waals surface area contributed by atoms with Crippen LogP contribution in [0.15, 0.2) is 22.9 Å². The lowest BCUT2D eigenvalue weighted by Crippen LogP contribution is -1.92. The molecule has 0 saturated heterocycles. The average Bonchev–Trinajstić information content (AvgIpc) is 2.89. The van der Waals surface area contributed by atoms with E-state index in [1.54, 1.807) is 12.1 Å². The van der Waals surface area contributed by atoms with E-state index in [2.05, 4.69) is 15.1 Å². The first kappa shape index (κ1) is 12.5. The van der Waals surface area contributed by atoms with Crippen LogP contribution in [0.5, 0.6) is 0 Å². The topological polar surface area (TPSA) is 75.6 Å². The van der Waals surface area contributed by atoms with Gasteiger partial charge in [0.15, 0.2) is 5.82 Å². The van der Waals surface area contributed by atoms with Crippen molar-refractivity contribution in [2.45, 2.75) is 25.1 Å². The Bertz CT molecular complexity index is 558. The third-order valence-electron chi connectivity index (χ3n) is 2.38. The zero-order valence-electron chi connectivity index (χ0n) is 9.80. The maximum atomic E-state index is 8.68. The zero-order chi connectivity index (χ0) is 13.0. The molecule has 0 aliphatic carbocycles. The van der Waals surface area contributed by atoms with Crippen molar-refractivity contribution >= 4 is 11.6 Å². The Balaban J connectivity index is 2.21. The van der Waals surface area contributed by atoms with Crippen molar-refractivity contribution in [2.75, 3.05) is 0 Å². The molecule has 1 unspecified atom stereocenters. The van der Waals surface area contributed by atoms with Crippen LogP contribution in [0, 0.1) is 11.3 Å². The molecule has 0 aliphatic heterocycles. The monoisotopic (exact) mass is 262 g/mol. The number of nitriles is 1. The summed E-state index contributed by atoms with van der Waals surface area (Å²) < 4.78 is 5.10. The van der Waals surface area contributed by atoms with Gasteiger partial charge in [-0.15, -0.1) is 11.6 Å². The molecule has 0 aromatic carbocycles. The largest absolute Gasteiger partial charge is 0.332 e. The van der Waals surface area contributed by atoms with Gasteiger partial charge in [0.05, 0.1) is 10.9 Å². The molecular formula is C12H11ClN4O. The summed E-state index contributed by atoms with van der Waals surface area (Å²) in [7, 11) is 0. The molecule has 0 amide bonds. The van der Waals surface area contributed by atoms with E-state index in [0.717, 1.165) is 12.8 Å². The maximum absolute atomic E-state index is 8.68. The molecule has 5 nitrogen and oxygen atoms in total. The van der Waals surface area contributed by atoms with Gasteiger partial charge < -0.3 is 4.52 Å². The normalized spacial score (nSPS) is 12.1. The Labute approximate surface area is 109 Å². The minimum atomic E-state index is -0.245. The molecule has 92 valence electrons. The summed E-state index contributed by atoms with van der Waals surface area (Å²) in [6.45, 7) is 2.04. The molecule has 0 N–H and O–H groups in total. The predicted molar refractivity (Wildman–Crippen MR) is 65.7 cm³/mol. The van der Waals surface area contributed by atoms with Crippen molar-refractivity contribution in [1.82, 2.24) is 15.1 Å². The zero-order valence-corrected chi connectivity index (χ0v) is 10.6. The van der Waals surface area contributed by atoms with Crippen LogP contribution < -0.4 is 0 Å². The fourth-order valence-electron chi connectivity index (χ4n) is 1.44. The highest BCUT2D eigenvalue weighted by Gasteiger charge is 2.16. The van der Waals surface area contributed by atoms with Crippen molar-refractivity contribution < 1.29 is 4.52 Å². The second-order valence-electron chi connectivity index (χ2n) is 3.76. The van der Waals surface area contributed by atoms with Gasteiger partial charge in [0.2, 0.25) is 0 Å². The third-order valence-corrected chi connectivity index (χ3v) is 2.79. The quantitative estimate of drug-likeness (QED) is 0.792. The fourth-order valence-corrected chi connectivity index (χ4v) is 1.74. The first-order chi connectivity index (χ1) is 8.74. The lowest BCUT2D eigenvalue weighted by molar-refractivity contribution is 0.419. The number of aromatic nitrogens is 3. The molecule has 2 aromatic heterocycles. The Morgan fingerprint density at radius 2 is 2.33 bits per heavy atom. The van der Waals surface area contributed by atoms with Crippen molar-refractivity contribution in [1.29, 1.82) is 5.26 Å². The van der Waals surface area contributed by atoms with E-state index in [1.807, 2.05) is 13.0 Å². The Kier molecular flexibility index (Phi) is 3.90. The fraction of sp³-hybridized carbons (Fsp3) is 0.333. The van der Waals surface area contributed by atoms with Crippen LogP contribution in [0.3, 0.4) is 0 Å². The van der Waals surface area contributed by atoms with Crippen LogP contribution in [-0.2, 0) is 0 Å². The Morgan fingerprint density at radius 3 is 2.94 bits per heavy atom. The highest BCUT2D eigenvalue weighted by Crippen LogP contribution is 2.25. The molecule has 1 atom stereocenters. The van der Waals surface area contributed by atoms with Crippen molar-refractivity contribution in [3.05, 3.63) is 29.7 Å². The third kappa shape index (κ3) is 2.66. The first-order valence-electron chi connectivity index (χ1n) is 5.58. The molecule has 2 aromatic rings. The van der Waals surface area contributed by atoms with E-state index in [1.165, 1.54) is 6.20 Å². The number of nitrogens with zero attached hydrogens (tertiary/aromatic N) is 4. The lowest BCUT2D eigenvalue weighted by Gasteiger charge is -1.99. The van der Waals surface area contributed by atoms with E-state index in [0.29, 0.717) is 23.0 Å². The number of hydrogen-bond donors (Lipinski definition) is 0. The minimum Gasteiger partial charge on any atom is -0.332 e. The summed E-state index contributed by atoms with van der Waals surface area (Å²) >= 11 is 6.11. The van der Waals surface area contributed by atoms with Gasteiger partial charge in [-0.05, 0) is 18.6 Å². The van der Waals surface area contributed by atoms with Gasteiger partial charge >= 0.3 is 0 Å². The van der Waals surface area contributed by atoms with Gasteiger partial charge in [0.1, 0.15) is 11.8 Å². The molecule has 18 heavy (non-hydrogen) atoms. The van der Waals surface area contributed by atoms with E-state index in [-0.39, 0.29) is 5.38 Å². The van der Waals surface area contributed by atoms with E-state index in [4.69, 9.17) is 21.4 Å². The number of halogens is 1. The number of alkyl halides is 1. The van der Waals surface area contributed by atoms with Crippen LogP contribution in [0.4, 0.5) is 0 Å². The van der Waals surface area contributed by atoms with Crippen LogP contribution >= 0.6 is 11.6 Å². The predicted octanol–water partition coefficient (Wildman–Crippen LogP) is 3.08. The minimum absolute atomic E-state index is 0.245. The standard InChI is InChI=1S/C12H11ClN4O/c1-2-3-9(13)11-16-12(18-17-11)10-5-4-8(6-14)7-15-10/h4-5,7,9H,2-3H2,1H3. The summed E-state index contributed by atoms with van der Waals surface area (Å²) in [5.41, 5.74) is 1.02. The molecule has 6 heteroatoms. The number of rotatable bonds is 4. The smallest absolute Gasteiger partial charge is 0.276 e. The summed E-state index contributed by atoms with van der Waals surface area (Å²) in [4.78, 5) is 8.28. The SMILES string of the molecule is CCCC(Cl)c1noc(-c2ccc(C#N)cn2)n1. The average molecular weight is 263 g/mol. The molecular weight excluding hydrogens is 252 g/mol. The number of hydrogen-bond acceptors (Lipinski definition) is 5. The molecule has 0 aliphatic rings. The van der Waals surface area contributed by atoms with Crippen LogP contribution in [0.25, 0.3) is 11.6 Å². The summed E-state index contributed by atoms with van der Waals surface area (Å²) in [5.74, 6) is 0.788. The van der Waals surface area contributed by atoms with Gasteiger partial charge in [0.25, 0.3) is 5.89 Å². The molecule has 2 rings (SSSR count). The Morgan fingerprint density at radius 1 is 1.50 bits per heavy atom. The second-order valence-corrected chi connectivity index (χ2v) is 4.28. The van der Waals surface area contributed by atoms with Crippen molar-refractivity contribution in [2.24, 2.45) is 0 Å². The van der Waals surface area contributed by atoms with Crippen molar-refractivity contribution in [3.8, 4) is 17.7 Å². The highest BCUT2D eigenvalue weighted by atomic mass is 35.5. The van der Waals surface area contributed by atoms with Gasteiger partial charge in [-0.1, -0.05) is 18.5 Å². The summed E-state index contributed by atoms with van der Waals surface area (Å²) in [5, 5.41) is 12.3. The van der Waals surface area contributed by atoms with E-state index < -0.39 is 0 Å². The highest BCUT2D eigenvalue weighted by molar-refractivity contribution is 6.20. The van der Waals surface area contributed by atoms with Gasteiger partial charge in [-0.25, -0.2) is 4.98 Å². The van der Waals surface area contributed by atoms with Crippen LogP contribution in [0.2, 0.25) is 0 Å². The Hall–Kier alpha value is -1.93.